The highest BCUT2D eigenvalue weighted by atomic mass is 79.9. The van der Waals surface area contributed by atoms with Crippen LogP contribution in [-0.2, 0) is 13.1 Å². The molecule has 1 aliphatic heterocycles. The van der Waals surface area contributed by atoms with E-state index in [1.807, 2.05) is 12.1 Å². The predicted octanol–water partition coefficient (Wildman–Crippen LogP) is 2.59. The molecule has 0 fully saturated rings. The fourth-order valence-corrected chi connectivity index (χ4v) is 2.24. The molecule has 1 amide bonds. The van der Waals surface area contributed by atoms with E-state index >= 15 is 0 Å². The highest BCUT2D eigenvalue weighted by molar-refractivity contribution is 9.10. The van der Waals surface area contributed by atoms with E-state index in [1.165, 1.54) is 0 Å². The second kappa shape index (κ2) is 4.00. The Bertz CT molecular complexity index is 554. The summed E-state index contributed by atoms with van der Waals surface area (Å²) >= 11 is 3.19. The molecule has 0 saturated heterocycles. The summed E-state index contributed by atoms with van der Waals surface area (Å²) in [6.07, 6.45) is 1.75. The van der Waals surface area contributed by atoms with Gasteiger partial charge >= 0.3 is 0 Å². The molecule has 1 aliphatic rings. The van der Waals surface area contributed by atoms with Gasteiger partial charge in [-0.1, -0.05) is 6.07 Å². The standard InChI is InChI=1S/C12H9BrN2O2/c13-11-4-3-10(17-11)12(16)15-6-8-2-1-5-14-9(8)7-15/h1-5H,6-7H2. The molecule has 86 valence electrons. The minimum atomic E-state index is -0.103. The summed E-state index contributed by atoms with van der Waals surface area (Å²) in [5.74, 6) is 0.249. The first-order valence-electron chi connectivity index (χ1n) is 5.21. The molecule has 0 saturated carbocycles. The predicted molar refractivity (Wildman–Crippen MR) is 64.2 cm³/mol. The van der Waals surface area contributed by atoms with Crippen molar-refractivity contribution >= 4 is 21.8 Å². The number of nitrogens with zero attached hydrogens (tertiary/aromatic N) is 2. The van der Waals surface area contributed by atoms with E-state index < -0.39 is 0 Å². The van der Waals surface area contributed by atoms with Crippen LogP contribution in [0.25, 0.3) is 0 Å². The largest absolute Gasteiger partial charge is 0.444 e. The summed E-state index contributed by atoms with van der Waals surface area (Å²) < 4.78 is 5.83. The zero-order chi connectivity index (χ0) is 11.8. The molecule has 5 heteroatoms. The molecule has 0 aromatic carbocycles. The summed E-state index contributed by atoms with van der Waals surface area (Å²) in [5, 5.41) is 0. The average molecular weight is 293 g/mol. The maximum atomic E-state index is 12.1. The van der Waals surface area contributed by atoms with Gasteiger partial charge in [-0.3, -0.25) is 9.78 Å². The molecule has 4 nitrogen and oxygen atoms in total. The number of furan rings is 1. The van der Waals surface area contributed by atoms with Crippen LogP contribution in [0.3, 0.4) is 0 Å². The van der Waals surface area contributed by atoms with E-state index in [2.05, 4.69) is 20.9 Å². The number of pyridine rings is 1. The smallest absolute Gasteiger partial charge is 0.290 e. The Kier molecular flexibility index (Phi) is 2.48. The molecule has 0 spiro atoms. The summed E-state index contributed by atoms with van der Waals surface area (Å²) in [6, 6.07) is 7.27. The lowest BCUT2D eigenvalue weighted by Gasteiger charge is -2.12. The Morgan fingerprint density at radius 3 is 2.94 bits per heavy atom. The first-order chi connectivity index (χ1) is 8.24. The Morgan fingerprint density at radius 1 is 1.35 bits per heavy atom. The number of rotatable bonds is 1. The minimum absolute atomic E-state index is 0.103. The number of carbonyl (C=O) groups is 1. The van der Waals surface area contributed by atoms with E-state index in [9.17, 15) is 4.79 Å². The summed E-state index contributed by atoms with van der Waals surface area (Å²) in [6.45, 7) is 1.15. The Morgan fingerprint density at radius 2 is 2.24 bits per heavy atom. The topological polar surface area (TPSA) is 46.3 Å². The van der Waals surface area contributed by atoms with Crippen molar-refractivity contribution in [3.05, 3.63) is 52.1 Å². The second-order valence-corrected chi connectivity index (χ2v) is 4.66. The van der Waals surface area contributed by atoms with Crippen LogP contribution < -0.4 is 0 Å². The van der Waals surface area contributed by atoms with Crippen LogP contribution in [0.1, 0.15) is 21.8 Å². The third kappa shape index (κ3) is 1.86. The molecular formula is C12H9BrN2O2. The molecule has 0 bridgehead atoms. The Hall–Kier alpha value is -1.62. The molecule has 17 heavy (non-hydrogen) atoms. The van der Waals surface area contributed by atoms with Crippen LogP contribution in [0, 0.1) is 0 Å². The van der Waals surface area contributed by atoms with Crippen LogP contribution in [0.15, 0.2) is 39.5 Å². The minimum Gasteiger partial charge on any atom is -0.444 e. The number of amides is 1. The van der Waals surface area contributed by atoms with Gasteiger partial charge in [0.05, 0.1) is 12.2 Å². The van der Waals surface area contributed by atoms with Crippen molar-refractivity contribution < 1.29 is 9.21 Å². The molecule has 2 aromatic rings. The molecule has 3 rings (SSSR count). The Balaban J connectivity index is 1.83. The lowest BCUT2D eigenvalue weighted by atomic mass is 10.2. The van der Waals surface area contributed by atoms with Gasteiger partial charge in [0.25, 0.3) is 5.91 Å². The fraction of sp³-hybridized carbons (Fsp3) is 0.167. The molecule has 2 aromatic heterocycles. The number of hydrogen-bond acceptors (Lipinski definition) is 3. The van der Waals surface area contributed by atoms with Crippen molar-refractivity contribution in [2.45, 2.75) is 13.1 Å². The van der Waals surface area contributed by atoms with Gasteiger partial charge in [0.1, 0.15) is 0 Å². The van der Waals surface area contributed by atoms with Crippen LogP contribution in [0.4, 0.5) is 0 Å². The van der Waals surface area contributed by atoms with Gasteiger partial charge in [-0.15, -0.1) is 0 Å². The number of aromatic nitrogens is 1. The van der Waals surface area contributed by atoms with Gasteiger partial charge in [0, 0.05) is 12.7 Å². The van der Waals surface area contributed by atoms with Gasteiger partial charge in [-0.25, -0.2) is 0 Å². The SMILES string of the molecule is O=C(c1ccc(Br)o1)N1Cc2cccnc2C1. The first kappa shape index (κ1) is 10.5. The van der Waals surface area contributed by atoms with E-state index in [1.54, 1.807) is 23.2 Å². The Labute approximate surface area is 106 Å². The molecule has 0 N–H and O–H groups in total. The second-order valence-electron chi connectivity index (χ2n) is 3.87. The van der Waals surface area contributed by atoms with Crippen LogP contribution in [0.5, 0.6) is 0 Å². The fourth-order valence-electron chi connectivity index (χ4n) is 1.93. The van der Waals surface area contributed by atoms with Crippen molar-refractivity contribution in [2.75, 3.05) is 0 Å². The maximum absolute atomic E-state index is 12.1. The van der Waals surface area contributed by atoms with Crippen LogP contribution in [0.2, 0.25) is 0 Å². The number of hydrogen-bond donors (Lipinski definition) is 0. The lowest BCUT2D eigenvalue weighted by Crippen LogP contribution is -2.24. The van der Waals surface area contributed by atoms with E-state index in [0.717, 1.165) is 11.3 Å². The summed E-state index contributed by atoms with van der Waals surface area (Å²) in [4.78, 5) is 18.1. The molecule has 0 unspecified atom stereocenters. The zero-order valence-corrected chi connectivity index (χ0v) is 10.5. The van der Waals surface area contributed by atoms with Crippen LogP contribution in [-0.4, -0.2) is 15.8 Å². The molecule has 0 radical (unpaired) electrons. The van der Waals surface area contributed by atoms with Crippen molar-refractivity contribution in [3.8, 4) is 0 Å². The van der Waals surface area contributed by atoms with Crippen molar-refractivity contribution in [3.63, 3.8) is 0 Å². The average Bonchev–Trinajstić information content (AvgIpc) is 2.93. The van der Waals surface area contributed by atoms with E-state index in [4.69, 9.17) is 4.42 Å². The highest BCUT2D eigenvalue weighted by Crippen LogP contribution is 2.23. The van der Waals surface area contributed by atoms with Crippen molar-refractivity contribution in [1.82, 2.24) is 9.88 Å². The van der Waals surface area contributed by atoms with E-state index in [0.29, 0.717) is 23.5 Å². The number of carbonyl (C=O) groups excluding carboxylic acids is 1. The molecule has 3 heterocycles. The third-order valence-electron chi connectivity index (χ3n) is 2.76. The molecular weight excluding hydrogens is 284 g/mol. The first-order valence-corrected chi connectivity index (χ1v) is 6.01. The van der Waals surface area contributed by atoms with Gasteiger partial charge in [-0.05, 0) is 39.7 Å². The summed E-state index contributed by atoms with van der Waals surface area (Å²) in [7, 11) is 0. The third-order valence-corrected chi connectivity index (χ3v) is 3.18. The highest BCUT2D eigenvalue weighted by Gasteiger charge is 2.26. The zero-order valence-electron chi connectivity index (χ0n) is 8.89. The van der Waals surface area contributed by atoms with Crippen molar-refractivity contribution in [1.29, 1.82) is 0 Å². The lowest BCUT2D eigenvalue weighted by molar-refractivity contribution is 0.0717. The van der Waals surface area contributed by atoms with E-state index in [-0.39, 0.29) is 5.91 Å². The number of fused-ring (bicyclic) bond motifs is 1. The van der Waals surface area contributed by atoms with Gasteiger partial charge in [0.2, 0.25) is 0 Å². The van der Waals surface area contributed by atoms with Gasteiger partial charge < -0.3 is 9.32 Å². The number of halogens is 1. The summed E-state index contributed by atoms with van der Waals surface area (Å²) in [5.41, 5.74) is 2.07. The van der Waals surface area contributed by atoms with Crippen LogP contribution >= 0.6 is 15.9 Å². The monoisotopic (exact) mass is 292 g/mol. The maximum Gasteiger partial charge on any atom is 0.290 e. The van der Waals surface area contributed by atoms with Crippen molar-refractivity contribution in [2.24, 2.45) is 0 Å². The molecule has 0 atom stereocenters. The quantitative estimate of drug-likeness (QED) is 0.812. The van der Waals surface area contributed by atoms with Gasteiger partial charge in [0.15, 0.2) is 10.4 Å². The van der Waals surface area contributed by atoms with Gasteiger partial charge in [-0.2, -0.15) is 0 Å². The molecule has 0 aliphatic carbocycles. The normalized spacial score (nSPS) is 13.8.